The second-order valence-corrected chi connectivity index (χ2v) is 7.57. The molecule has 10 heteroatoms. The summed E-state index contributed by atoms with van der Waals surface area (Å²) in [7, 11) is 0. The third kappa shape index (κ3) is 2.65. The van der Waals surface area contributed by atoms with Crippen LogP contribution in [0.2, 0.25) is 0 Å². The molecule has 6 aromatic heterocycles. The van der Waals surface area contributed by atoms with Gasteiger partial charge in [-0.3, -0.25) is 10.1 Å². The van der Waals surface area contributed by atoms with Gasteiger partial charge in [0.05, 0.1) is 21.6 Å². The van der Waals surface area contributed by atoms with Crippen LogP contribution in [0, 0.1) is 5.13 Å². The first-order chi connectivity index (χ1) is 14.8. The first kappa shape index (κ1) is 16.9. The van der Waals surface area contributed by atoms with Crippen molar-refractivity contribution in [2.75, 3.05) is 0 Å². The van der Waals surface area contributed by atoms with Crippen molar-refractivity contribution in [3.05, 3.63) is 60.4 Å². The van der Waals surface area contributed by atoms with Gasteiger partial charge in [-0.2, -0.15) is 9.49 Å². The van der Waals surface area contributed by atoms with Gasteiger partial charge in [0.1, 0.15) is 23.1 Å². The number of H-pyrrole nitrogens is 2. The number of aromatic amines is 2. The maximum absolute atomic E-state index is 13.5. The zero-order chi connectivity index (χ0) is 20.1. The molecule has 6 heterocycles. The maximum Gasteiger partial charge on any atom is 0.177 e. The van der Waals surface area contributed by atoms with Gasteiger partial charge in [-0.1, -0.05) is 0 Å². The van der Waals surface area contributed by atoms with Gasteiger partial charge >= 0.3 is 0 Å². The second-order valence-electron chi connectivity index (χ2n) is 6.54. The normalized spacial score (nSPS) is 11.5. The quantitative estimate of drug-likeness (QED) is 0.449. The summed E-state index contributed by atoms with van der Waals surface area (Å²) in [6, 6.07) is 8.75. The largest absolute Gasteiger partial charge is 0.336 e. The Bertz CT molecular complexity index is 1520. The van der Waals surface area contributed by atoms with Crippen molar-refractivity contribution in [3.8, 4) is 33.3 Å². The summed E-state index contributed by atoms with van der Waals surface area (Å²) in [5.41, 5.74) is 5.64. The molecule has 0 fully saturated rings. The number of hydrogen-bond acceptors (Lipinski definition) is 7. The van der Waals surface area contributed by atoms with Crippen molar-refractivity contribution in [2.45, 2.75) is 0 Å². The van der Waals surface area contributed by atoms with E-state index in [1.54, 1.807) is 24.7 Å². The lowest BCUT2D eigenvalue weighted by molar-refractivity contribution is 0.657. The van der Waals surface area contributed by atoms with Crippen LogP contribution in [0.4, 0.5) is 4.39 Å². The smallest absolute Gasteiger partial charge is 0.177 e. The molecule has 0 amide bonds. The number of rotatable bonds is 3. The van der Waals surface area contributed by atoms with Gasteiger partial charge in [0, 0.05) is 24.2 Å². The Labute approximate surface area is 171 Å². The molecule has 0 aliphatic rings. The van der Waals surface area contributed by atoms with Crippen molar-refractivity contribution in [1.82, 2.24) is 40.1 Å². The molecular weight excluding hydrogens is 403 g/mol. The van der Waals surface area contributed by atoms with Crippen molar-refractivity contribution in [2.24, 2.45) is 0 Å². The van der Waals surface area contributed by atoms with Gasteiger partial charge in [0.15, 0.2) is 16.6 Å². The molecule has 0 aliphatic heterocycles. The van der Waals surface area contributed by atoms with E-state index in [-0.39, 0.29) is 5.13 Å². The summed E-state index contributed by atoms with van der Waals surface area (Å²) < 4.78 is 13.5. The van der Waals surface area contributed by atoms with Crippen molar-refractivity contribution in [1.29, 1.82) is 0 Å². The molecule has 0 saturated heterocycles. The zero-order valence-corrected chi connectivity index (χ0v) is 16.0. The van der Waals surface area contributed by atoms with Gasteiger partial charge in [0.25, 0.3) is 0 Å². The van der Waals surface area contributed by atoms with Gasteiger partial charge in [0.2, 0.25) is 0 Å². The highest BCUT2D eigenvalue weighted by atomic mass is 32.1. The summed E-state index contributed by atoms with van der Waals surface area (Å²) >= 11 is 1.04. The van der Waals surface area contributed by atoms with Crippen LogP contribution in [0.3, 0.4) is 0 Å². The summed E-state index contributed by atoms with van der Waals surface area (Å²) in [6.07, 6.45) is 6.57. The lowest BCUT2D eigenvalue weighted by Gasteiger charge is -1.99. The molecule has 2 N–H and O–H groups in total. The molecular formula is C20H11FN8S. The third-order valence-electron chi connectivity index (χ3n) is 4.70. The van der Waals surface area contributed by atoms with Crippen molar-refractivity contribution < 1.29 is 4.39 Å². The minimum absolute atomic E-state index is 0.264. The Kier molecular flexibility index (Phi) is 3.65. The van der Waals surface area contributed by atoms with Crippen LogP contribution in [0.1, 0.15) is 0 Å². The molecule has 0 spiro atoms. The molecule has 0 unspecified atom stereocenters. The minimum Gasteiger partial charge on any atom is -0.336 e. The number of hydrogen-bond donors (Lipinski definition) is 2. The van der Waals surface area contributed by atoms with E-state index in [1.807, 2.05) is 18.2 Å². The van der Waals surface area contributed by atoms with Gasteiger partial charge in [-0.25, -0.2) is 19.9 Å². The molecule has 0 aliphatic carbocycles. The lowest BCUT2D eigenvalue weighted by atomic mass is 10.2. The first-order valence-electron chi connectivity index (χ1n) is 8.97. The molecule has 0 aromatic carbocycles. The highest BCUT2D eigenvalue weighted by molar-refractivity contribution is 7.13. The fraction of sp³-hybridized carbons (Fsp3) is 0. The molecule has 8 nitrogen and oxygen atoms in total. The van der Waals surface area contributed by atoms with E-state index in [0.717, 1.165) is 33.6 Å². The second kappa shape index (κ2) is 6.49. The fourth-order valence-electron chi connectivity index (χ4n) is 3.33. The van der Waals surface area contributed by atoms with Gasteiger partial charge in [-0.05, 0) is 30.3 Å². The number of nitrogens with zero attached hydrogens (tertiary/aromatic N) is 6. The average molecular weight is 414 g/mol. The lowest BCUT2D eigenvalue weighted by Crippen LogP contribution is -1.88. The van der Waals surface area contributed by atoms with E-state index >= 15 is 0 Å². The van der Waals surface area contributed by atoms with E-state index in [9.17, 15) is 4.39 Å². The van der Waals surface area contributed by atoms with Crippen LogP contribution in [0.25, 0.3) is 55.4 Å². The number of halogens is 1. The highest BCUT2D eigenvalue weighted by Crippen LogP contribution is 2.33. The molecule has 0 bridgehead atoms. The number of imidazole rings is 1. The standard InChI is InChI=1S/C20H11FN8S/c21-15-4-3-14(30-15)18-16-12(5-6-24-18)26-20(27-16)19-17-13(28-29-19)2-1-11(25-17)10-7-22-9-23-8-10/h1-9H,(H,26,27)(H,28,29). The van der Waals surface area contributed by atoms with Crippen LogP contribution in [-0.4, -0.2) is 40.1 Å². The summed E-state index contributed by atoms with van der Waals surface area (Å²) in [5, 5.41) is 7.14. The van der Waals surface area contributed by atoms with Crippen molar-refractivity contribution >= 4 is 33.4 Å². The monoisotopic (exact) mass is 414 g/mol. The van der Waals surface area contributed by atoms with E-state index in [2.05, 4.69) is 30.1 Å². The number of nitrogens with one attached hydrogen (secondary N) is 2. The number of pyridine rings is 2. The topological polar surface area (TPSA) is 109 Å². The zero-order valence-electron chi connectivity index (χ0n) is 15.2. The predicted molar refractivity (Wildman–Crippen MR) is 111 cm³/mol. The fourth-order valence-corrected chi connectivity index (χ4v) is 4.05. The molecule has 144 valence electrons. The highest BCUT2D eigenvalue weighted by Gasteiger charge is 2.18. The van der Waals surface area contributed by atoms with E-state index in [4.69, 9.17) is 9.97 Å². The average Bonchev–Trinajstić information content (AvgIpc) is 3.51. The van der Waals surface area contributed by atoms with Crippen LogP contribution in [-0.2, 0) is 0 Å². The first-order valence-corrected chi connectivity index (χ1v) is 9.79. The summed E-state index contributed by atoms with van der Waals surface area (Å²) in [4.78, 5) is 26.0. The maximum atomic E-state index is 13.5. The van der Waals surface area contributed by atoms with Crippen LogP contribution < -0.4 is 0 Å². The van der Waals surface area contributed by atoms with Crippen LogP contribution in [0.5, 0.6) is 0 Å². The van der Waals surface area contributed by atoms with E-state index in [1.165, 1.54) is 12.4 Å². The Balaban J connectivity index is 1.52. The summed E-state index contributed by atoms with van der Waals surface area (Å²) in [5.74, 6) is 0.552. The van der Waals surface area contributed by atoms with Crippen molar-refractivity contribution in [3.63, 3.8) is 0 Å². The molecule has 6 aromatic rings. The van der Waals surface area contributed by atoms with Gasteiger partial charge in [-0.15, -0.1) is 11.3 Å². The predicted octanol–water partition coefficient (Wildman–Crippen LogP) is 4.22. The summed E-state index contributed by atoms with van der Waals surface area (Å²) in [6.45, 7) is 0. The number of aromatic nitrogens is 8. The van der Waals surface area contributed by atoms with Gasteiger partial charge < -0.3 is 4.98 Å². The third-order valence-corrected chi connectivity index (χ3v) is 5.58. The number of thiophene rings is 1. The Morgan fingerprint density at radius 2 is 1.73 bits per heavy atom. The van der Waals surface area contributed by atoms with Crippen LogP contribution in [0.15, 0.2) is 55.2 Å². The molecule has 0 atom stereocenters. The molecule has 0 saturated carbocycles. The van der Waals surface area contributed by atoms with E-state index in [0.29, 0.717) is 33.1 Å². The minimum atomic E-state index is -0.264. The molecule has 6 rings (SSSR count). The Morgan fingerprint density at radius 1 is 0.867 bits per heavy atom. The molecule has 0 radical (unpaired) electrons. The van der Waals surface area contributed by atoms with Crippen LogP contribution >= 0.6 is 11.3 Å². The Hall–Kier alpha value is -4.05. The molecule has 30 heavy (non-hydrogen) atoms. The Morgan fingerprint density at radius 3 is 2.57 bits per heavy atom. The SMILES string of the molecule is Fc1ccc(-c2nccc3[nH]c(-c4n[nH]c5ccc(-c6cncnc6)nc45)nc23)s1. The number of fused-ring (bicyclic) bond motifs is 2. The van der Waals surface area contributed by atoms with E-state index < -0.39 is 0 Å².